The largest absolute Gasteiger partial charge is 0.481 e. The molecule has 0 bridgehead atoms. The Labute approximate surface area is 163 Å². The van der Waals surface area contributed by atoms with Gasteiger partial charge in [0.2, 0.25) is 0 Å². The summed E-state index contributed by atoms with van der Waals surface area (Å²) in [5.41, 5.74) is 8.37. The highest BCUT2D eigenvalue weighted by molar-refractivity contribution is 7.07. The summed E-state index contributed by atoms with van der Waals surface area (Å²) in [6, 6.07) is 7.05. The fourth-order valence-corrected chi connectivity index (χ4v) is 3.34. The van der Waals surface area contributed by atoms with Crippen LogP contribution in [0.15, 0.2) is 41.4 Å². The maximum absolute atomic E-state index is 12.1. The third-order valence-corrected chi connectivity index (χ3v) is 5.15. The molecule has 0 radical (unpaired) electrons. The molecule has 2 aromatic rings. The molecule has 3 rings (SSSR count). The summed E-state index contributed by atoms with van der Waals surface area (Å²) in [6.45, 7) is 0.694. The lowest BCUT2D eigenvalue weighted by atomic mass is 9.82. The number of benzene rings is 1. The highest BCUT2D eigenvalue weighted by Crippen LogP contribution is 2.29. The van der Waals surface area contributed by atoms with Gasteiger partial charge in [0.1, 0.15) is 5.75 Å². The smallest absolute Gasteiger partial charge is 0.314 e. The molecular weight excluding hydrogens is 364 g/mol. The summed E-state index contributed by atoms with van der Waals surface area (Å²) >= 11 is 1.60. The second kappa shape index (κ2) is 11.5. The molecule has 0 atom stereocenters. The Kier molecular flexibility index (Phi) is 8.94. The van der Waals surface area contributed by atoms with E-state index in [1.165, 1.54) is 0 Å². The minimum atomic E-state index is -0.816. The summed E-state index contributed by atoms with van der Waals surface area (Å²) in [6.07, 6.45) is 6.02. The van der Waals surface area contributed by atoms with E-state index in [0.717, 1.165) is 31.2 Å². The van der Waals surface area contributed by atoms with Gasteiger partial charge in [-0.2, -0.15) is 0 Å². The van der Waals surface area contributed by atoms with Gasteiger partial charge in [-0.1, -0.05) is 12.1 Å². The van der Waals surface area contributed by atoms with Crippen molar-refractivity contribution in [2.24, 2.45) is 17.6 Å². The van der Waals surface area contributed by atoms with E-state index >= 15 is 0 Å². The molecule has 1 aromatic carbocycles. The fourth-order valence-electron chi connectivity index (χ4n) is 2.98. The number of aryl methyl sites for hydroxylation is 1. The number of aromatic nitrogens is 1. The first-order valence-corrected chi connectivity index (χ1v) is 10.1. The van der Waals surface area contributed by atoms with Crippen LogP contribution in [0.5, 0.6) is 5.75 Å². The summed E-state index contributed by atoms with van der Waals surface area (Å²) in [5, 5.41) is 10.6. The first kappa shape index (κ1) is 21.1. The Hall–Kier alpha value is -2.25. The zero-order valence-corrected chi connectivity index (χ0v) is 16.1. The van der Waals surface area contributed by atoms with Gasteiger partial charge in [-0.15, -0.1) is 11.3 Å². The Morgan fingerprint density at radius 1 is 1.19 bits per heavy atom. The number of nitrogens with zero attached hydrogens (tertiary/aromatic N) is 1. The number of carbonyl (C=O) groups excluding carboxylic acids is 1. The van der Waals surface area contributed by atoms with E-state index in [9.17, 15) is 9.59 Å². The number of carboxylic acids is 1. The molecule has 0 unspecified atom stereocenters. The lowest BCUT2D eigenvalue weighted by Gasteiger charge is -2.26. The maximum Gasteiger partial charge on any atom is 0.314 e. The van der Waals surface area contributed by atoms with Crippen LogP contribution in [-0.2, 0) is 16.0 Å². The second-order valence-electron chi connectivity index (χ2n) is 6.59. The Morgan fingerprint density at radius 3 is 2.37 bits per heavy atom. The standard InChI is InChI=1S/C17H23NO4.C3H3NS/c18-11-13-1-6-14(7-2-13)17(21)22-15-8-3-12(4-9-15)5-10-16(19)20;1-2-5-3-4-1/h3-4,8-9,13-14H,1-2,5-7,10-11,18H2,(H,19,20);1-3H/t13-,14-;. The third-order valence-electron chi connectivity index (χ3n) is 4.63. The first-order valence-electron chi connectivity index (χ1n) is 9.13. The van der Waals surface area contributed by atoms with Gasteiger partial charge in [0.25, 0.3) is 0 Å². The van der Waals surface area contributed by atoms with Crippen LogP contribution in [0, 0.1) is 11.8 Å². The van der Waals surface area contributed by atoms with Gasteiger partial charge in [-0.25, -0.2) is 0 Å². The van der Waals surface area contributed by atoms with E-state index in [0.29, 0.717) is 24.6 Å². The normalized spacial score (nSPS) is 18.9. The number of aliphatic carboxylic acids is 1. The first-order chi connectivity index (χ1) is 13.1. The van der Waals surface area contributed by atoms with Gasteiger partial charge < -0.3 is 15.6 Å². The zero-order valence-electron chi connectivity index (χ0n) is 15.3. The second-order valence-corrected chi connectivity index (χ2v) is 7.34. The number of nitrogens with two attached hydrogens (primary N) is 1. The van der Waals surface area contributed by atoms with Crippen molar-refractivity contribution in [3.63, 3.8) is 0 Å². The molecule has 0 amide bonds. The van der Waals surface area contributed by atoms with Crippen molar-refractivity contribution in [2.75, 3.05) is 6.54 Å². The van der Waals surface area contributed by atoms with E-state index in [4.69, 9.17) is 15.6 Å². The molecule has 1 saturated carbocycles. The van der Waals surface area contributed by atoms with Crippen molar-refractivity contribution >= 4 is 23.3 Å². The third kappa shape index (κ3) is 7.88. The number of carboxylic acid groups (broad SMARTS) is 1. The SMILES string of the molecule is NC[C@H]1CC[C@H](C(=O)Oc2ccc(CCC(=O)O)cc2)CC1.c1cscn1. The summed E-state index contributed by atoms with van der Waals surface area (Å²) in [7, 11) is 0. The average molecular weight is 391 g/mol. The number of hydrogen-bond acceptors (Lipinski definition) is 6. The van der Waals surface area contributed by atoms with E-state index in [1.54, 1.807) is 47.3 Å². The maximum atomic E-state index is 12.1. The van der Waals surface area contributed by atoms with Gasteiger partial charge in [0.05, 0.1) is 11.4 Å². The van der Waals surface area contributed by atoms with Gasteiger partial charge in [0, 0.05) is 18.0 Å². The molecule has 146 valence electrons. The molecule has 7 heteroatoms. The van der Waals surface area contributed by atoms with Crippen LogP contribution in [0.4, 0.5) is 0 Å². The number of thiazole rings is 1. The molecular formula is C20H26N2O4S. The molecule has 3 N–H and O–H groups in total. The zero-order chi connectivity index (χ0) is 19.5. The predicted octanol–water partition coefficient (Wildman–Crippen LogP) is 3.52. The van der Waals surface area contributed by atoms with E-state index in [1.807, 2.05) is 5.38 Å². The van der Waals surface area contributed by atoms with Gasteiger partial charge in [0.15, 0.2) is 0 Å². The molecule has 0 saturated heterocycles. The van der Waals surface area contributed by atoms with Crippen LogP contribution in [0.1, 0.15) is 37.7 Å². The Bertz CT molecular complexity index is 663. The molecule has 1 heterocycles. The quantitative estimate of drug-likeness (QED) is 0.578. The summed E-state index contributed by atoms with van der Waals surface area (Å²) in [4.78, 5) is 26.4. The topological polar surface area (TPSA) is 103 Å². The summed E-state index contributed by atoms with van der Waals surface area (Å²) in [5.74, 6) is 0.0365. The fraction of sp³-hybridized carbons (Fsp3) is 0.450. The van der Waals surface area contributed by atoms with Crippen LogP contribution in [0.3, 0.4) is 0 Å². The number of hydrogen-bond donors (Lipinski definition) is 2. The highest BCUT2D eigenvalue weighted by atomic mass is 32.1. The van der Waals surface area contributed by atoms with Crippen molar-refractivity contribution in [3.05, 3.63) is 46.9 Å². The summed E-state index contributed by atoms with van der Waals surface area (Å²) < 4.78 is 5.42. The van der Waals surface area contributed by atoms with Crippen molar-refractivity contribution in [1.82, 2.24) is 4.98 Å². The van der Waals surface area contributed by atoms with Crippen LogP contribution in [0.25, 0.3) is 0 Å². The number of ether oxygens (including phenoxy) is 1. The van der Waals surface area contributed by atoms with Gasteiger partial charge in [-0.3, -0.25) is 14.6 Å². The number of rotatable bonds is 6. The van der Waals surface area contributed by atoms with Crippen molar-refractivity contribution in [3.8, 4) is 5.75 Å². The van der Waals surface area contributed by atoms with Crippen molar-refractivity contribution < 1.29 is 19.4 Å². The Balaban J connectivity index is 0.000000451. The highest BCUT2D eigenvalue weighted by Gasteiger charge is 2.27. The Morgan fingerprint density at radius 2 is 1.89 bits per heavy atom. The average Bonchev–Trinajstić information content (AvgIpc) is 3.27. The van der Waals surface area contributed by atoms with Crippen molar-refractivity contribution in [2.45, 2.75) is 38.5 Å². The van der Waals surface area contributed by atoms with E-state index < -0.39 is 5.97 Å². The number of carbonyl (C=O) groups is 2. The van der Waals surface area contributed by atoms with Crippen LogP contribution in [0.2, 0.25) is 0 Å². The van der Waals surface area contributed by atoms with E-state index in [2.05, 4.69) is 4.98 Å². The van der Waals surface area contributed by atoms with Crippen molar-refractivity contribution in [1.29, 1.82) is 0 Å². The minimum Gasteiger partial charge on any atom is -0.481 e. The van der Waals surface area contributed by atoms with E-state index in [-0.39, 0.29) is 18.3 Å². The molecule has 1 aliphatic rings. The predicted molar refractivity (Wildman–Crippen MR) is 105 cm³/mol. The molecule has 6 nitrogen and oxygen atoms in total. The monoisotopic (exact) mass is 390 g/mol. The van der Waals surface area contributed by atoms with Gasteiger partial charge in [-0.05, 0) is 62.3 Å². The number of esters is 1. The molecule has 27 heavy (non-hydrogen) atoms. The minimum absolute atomic E-state index is 0.0329. The molecule has 0 aliphatic heterocycles. The van der Waals surface area contributed by atoms with Crippen LogP contribution >= 0.6 is 11.3 Å². The van der Waals surface area contributed by atoms with Gasteiger partial charge >= 0.3 is 11.9 Å². The molecule has 1 aromatic heterocycles. The lowest BCUT2D eigenvalue weighted by molar-refractivity contribution is -0.140. The molecule has 1 aliphatic carbocycles. The van der Waals surface area contributed by atoms with Crippen LogP contribution < -0.4 is 10.5 Å². The lowest BCUT2D eigenvalue weighted by Crippen LogP contribution is -2.28. The molecule has 1 fully saturated rings. The molecule has 0 spiro atoms. The van der Waals surface area contributed by atoms with Crippen LogP contribution in [-0.4, -0.2) is 28.6 Å².